The number of hydrogen-bond donors (Lipinski definition) is 2. The Hall–Kier alpha value is -3.14. The Labute approximate surface area is 286 Å². The lowest BCUT2D eigenvalue weighted by atomic mass is 10.0. The fraction of sp³-hybridized carbons (Fsp3) is 0.595. The Bertz CT molecular complexity index is 1340. The van der Waals surface area contributed by atoms with Crippen LogP contribution in [0.3, 0.4) is 0 Å². The van der Waals surface area contributed by atoms with E-state index in [0.29, 0.717) is 37.2 Å². The van der Waals surface area contributed by atoms with Crippen LogP contribution in [0.2, 0.25) is 5.02 Å². The van der Waals surface area contributed by atoms with Crippen LogP contribution in [0.5, 0.6) is 0 Å². The average molecular weight is 665 g/mol. The number of benzene rings is 2. The van der Waals surface area contributed by atoms with Crippen LogP contribution in [-0.4, -0.2) is 96.0 Å². The number of amides is 2. The molecule has 5 rings (SSSR count). The topological polar surface area (TPSA) is 89.5 Å². The average Bonchev–Trinajstić information content (AvgIpc) is 3.50. The number of carbonyl (C=O) groups is 2. The van der Waals surface area contributed by atoms with E-state index in [-0.39, 0.29) is 36.0 Å². The van der Waals surface area contributed by atoms with Crippen LogP contribution in [0.25, 0.3) is 0 Å². The molecule has 3 heterocycles. The number of ether oxygens (including phenoxy) is 1. The Morgan fingerprint density at radius 1 is 1.02 bits per heavy atom. The van der Waals surface area contributed by atoms with Gasteiger partial charge in [0.1, 0.15) is 12.1 Å². The molecule has 0 saturated carbocycles. The highest BCUT2D eigenvalue weighted by molar-refractivity contribution is 6.30. The van der Waals surface area contributed by atoms with Crippen molar-refractivity contribution in [2.45, 2.75) is 103 Å². The summed E-state index contributed by atoms with van der Waals surface area (Å²) in [4.78, 5) is 39.6. The smallest absolute Gasteiger partial charge is 0.288 e. The summed E-state index contributed by atoms with van der Waals surface area (Å²) in [5.41, 5.74) is 1.98. The first-order valence-corrected chi connectivity index (χ1v) is 18.1. The highest BCUT2D eigenvalue weighted by Gasteiger charge is 2.41. The number of piperidine rings is 1. The van der Waals surface area contributed by atoms with E-state index in [1.165, 1.54) is 32.4 Å². The predicted molar refractivity (Wildman–Crippen MR) is 188 cm³/mol. The molecular formula is C37H53ClN6O3. The summed E-state index contributed by atoms with van der Waals surface area (Å²) in [6.07, 6.45) is 7.42. The van der Waals surface area contributed by atoms with Gasteiger partial charge in [-0.2, -0.15) is 0 Å². The van der Waals surface area contributed by atoms with E-state index < -0.39 is 6.04 Å². The van der Waals surface area contributed by atoms with Gasteiger partial charge in [0.15, 0.2) is 0 Å². The Morgan fingerprint density at radius 3 is 2.55 bits per heavy atom. The van der Waals surface area contributed by atoms with Crippen molar-refractivity contribution in [3.05, 3.63) is 70.7 Å². The normalized spacial score (nSPS) is 23.1. The first-order valence-electron chi connectivity index (χ1n) is 17.7. The van der Waals surface area contributed by atoms with E-state index in [0.717, 1.165) is 43.4 Å². The van der Waals surface area contributed by atoms with E-state index in [1.54, 1.807) is 4.90 Å². The van der Waals surface area contributed by atoms with Crippen LogP contribution >= 0.6 is 11.6 Å². The molecule has 5 atom stereocenters. The molecular weight excluding hydrogens is 612 g/mol. The molecule has 256 valence electrons. The number of halogens is 1. The van der Waals surface area contributed by atoms with Crippen molar-refractivity contribution < 1.29 is 14.3 Å². The molecule has 0 aromatic heterocycles. The number of amidine groups is 1. The quantitative estimate of drug-likeness (QED) is 0.279. The molecule has 2 N–H and O–H groups in total. The van der Waals surface area contributed by atoms with Gasteiger partial charge in [-0.1, -0.05) is 73.8 Å². The van der Waals surface area contributed by atoms with Gasteiger partial charge in [-0.3, -0.25) is 9.59 Å². The van der Waals surface area contributed by atoms with Crippen LogP contribution in [0, 0.1) is 0 Å². The maximum absolute atomic E-state index is 14.4. The van der Waals surface area contributed by atoms with E-state index >= 15 is 0 Å². The number of aliphatic imine (C=N–C) groups is 1. The molecule has 0 radical (unpaired) electrons. The minimum absolute atomic E-state index is 0.00404. The lowest BCUT2D eigenvalue weighted by Gasteiger charge is -2.42. The first-order chi connectivity index (χ1) is 22.8. The highest BCUT2D eigenvalue weighted by Crippen LogP contribution is 2.30. The highest BCUT2D eigenvalue weighted by atomic mass is 35.5. The van der Waals surface area contributed by atoms with E-state index in [1.807, 2.05) is 47.4 Å². The molecule has 2 unspecified atom stereocenters. The van der Waals surface area contributed by atoms with Gasteiger partial charge >= 0.3 is 0 Å². The van der Waals surface area contributed by atoms with Crippen LogP contribution in [-0.2, 0) is 20.9 Å². The third-order valence-corrected chi connectivity index (χ3v) is 10.0. The van der Waals surface area contributed by atoms with Gasteiger partial charge < -0.3 is 30.1 Å². The molecule has 2 amide bonds. The largest absolute Gasteiger partial charge is 0.455 e. The third kappa shape index (κ3) is 9.71. The monoisotopic (exact) mass is 664 g/mol. The zero-order chi connectivity index (χ0) is 33.2. The van der Waals surface area contributed by atoms with Crippen molar-refractivity contribution >= 4 is 29.4 Å². The Kier molecular flexibility index (Phi) is 13.0. The summed E-state index contributed by atoms with van der Waals surface area (Å²) in [6, 6.07) is 17.2. The van der Waals surface area contributed by atoms with Crippen LogP contribution < -0.4 is 10.6 Å². The molecule has 3 aliphatic rings. The van der Waals surface area contributed by atoms with Crippen molar-refractivity contribution in [3.63, 3.8) is 0 Å². The molecule has 3 aliphatic heterocycles. The van der Waals surface area contributed by atoms with Crippen molar-refractivity contribution in [2.24, 2.45) is 4.99 Å². The van der Waals surface area contributed by atoms with E-state index in [9.17, 15) is 9.59 Å². The molecule has 2 fully saturated rings. The van der Waals surface area contributed by atoms with Crippen LogP contribution in [0.4, 0.5) is 0 Å². The van der Waals surface area contributed by atoms with Gasteiger partial charge in [-0.15, -0.1) is 0 Å². The predicted octanol–water partition coefficient (Wildman–Crippen LogP) is 5.40. The van der Waals surface area contributed by atoms with Crippen molar-refractivity contribution in [1.29, 1.82) is 0 Å². The van der Waals surface area contributed by atoms with Crippen LogP contribution in [0.1, 0.15) is 82.9 Å². The molecule has 9 nitrogen and oxygen atoms in total. The summed E-state index contributed by atoms with van der Waals surface area (Å²) in [6.45, 7) is 11.4. The summed E-state index contributed by atoms with van der Waals surface area (Å²) in [7, 11) is 0. The molecule has 0 spiro atoms. The van der Waals surface area contributed by atoms with E-state index in [2.05, 4.69) is 48.4 Å². The van der Waals surface area contributed by atoms with Gasteiger partial charge in [-0.05, 0) is 88.8 Å². The number of piperazine rings is 1. The molecule has 0 aliphatic carbocycles. The fourth-order valence-electron chi connectivity index (χ4n) is 6.84. The lowest BCUT2D eigenvalue weighted by molar-refractivity contribution is -0.145. The van der Waals surface area contributed by atoms with Gasteiger partial charge in [0.2, 0.25) is 11.8 Å². The molecule has 2 saturated heterocycles. The molecule has 2 aromatic carbocycles. The number of nitrogens with one attached hydrogen (secondary N) is 2. The SMILES string of the molecule is CCC(C)NC(CCCCN1CCCCC1)C(=O)N1CCN(C2=N[C@@H](C)[C@H](c3ccccc3)O2)C[C@H]1C(=O)NCc1cccc(Cl)c1. The van der Waals surface area contributed by atoms with Crippen molar-refractivity contribution in [2.75, 3.05) is 39.3 Å². The summed E-state index contributed by atoms with van der Waals surface area (Å²) in [5, 5.41) is 7.32. The number of rotatable bonds is 13. The second kappa shape index (κ2) is 17.3. The standard InChI is InChI=1S/C37H53ClN6O3/c1-4-27(2)40-32(18-9-12-21-42-19-10-6-11-20-42)36(46)44-23-22-43(37-41-28(3)34(47-37)30-15-7-5-8-16-30)26-33(44)35(45)39-25-29-14-13-17-31(38)24-29/h5,7-8,13-17,24,27-28,32-34,40H,4,6,9-12,18-23,25-26H2,1-3H3,(H,39,45)/t27?,28-,32?,33-,34+/m0/s1. The summed E-state index contributed by atoms with van der Waals surface area (Å²) >= 11 is 6.21. The Balaban J connectivity index is 1.29. The minimum Gasteiger partial charge on any atom is -0.455 e. The Morgan fingerprint density at radius 2 is 1.81 bits per heavy atom. The zero-order valence-electron chi connectivity index (χ0n) is 28.4. The summed E-state index contributed by atoms with van der Waals surface area (Å²) < 4.78 is 6.41. The number of likely N-dealkylation sites (tertiary alicyclic amines) is 1. The van der Waals surface area contributed by atoms with E-state index in [4.69, 9.17) is 21.3 Å². The van der Waals surface area contributed by atoms with Crippen LogP contribution in [0.15, 0.2) is 59.6 Å². The number of hydrogen-bond acceptors (Lipinski definition) is 7. The minimum atomic E-state index is -0.692. The third-order valence-electron chi connectivity index (χ3n) is 9.77. The number of unbranched alkanes of at least 4 members (excludes halogenated alkanes) is 1. The molecule has 10 heteroatoms. The number of nitrogens with zero attached hydrogens (tertiary/aromatic N) is 4. The second-order valence-corrected chi connectivity index (χ2v) is 13.8. The molecule has 2 aromatic rings. The first kappa shape index (κ1) is 35.2. The lowest BCUT2D eigenvalue weighted by Crippen LogP contribution is -2.64. The fourth-order valence-corrected chi connectivity index (χ4v) is 7.05. The van der Waals surface area contributed by atoms with Crippen molar-refractivity contribution in [3.8, 4) is 0 Å². The molecule has 0 bridgehead atoms. The van der Waals surface area contributed by atoms with Gasteiger partial charge in [0.25, 0.3) is 6.02 Å². The van der Waals surface area contributed by atoms with Gasteiger partial charge in [0, 0.05) is 30.7 Å². The van der Waals surface area contributed by atoms with Gasteiger partial charge in [-0.25, -0.2) is 4.99 Å². The van der Waals surface area contributed by atoms with Crippen molar-refractivity contribution in [1.82, 2.24) is 25.3 Å². The number of carbonyl (C=O) groups excluding carboxylic acids is 2. The summed E-state index contributed by atoms with van der Waals surface area (Å²) in [5.74, 6) is -0.197. The second-order valence-electron chi connectivity index (χ2n) is 13.4. The zero-order valence-corrected chi connectivity index (χ0v) is 29.1. The maximum Gasteiger partial charge on any atom is 0.288 e. The maximum atomic E-state index is 14.4. The van der Waals surface area contributed by atoms with Gasteiger partial charge in [0.05, 0.1) is 18.6 Å². The molecule has 47 heavy (non-hydrogen) atoms.